The topological polar surface area (TPSA) is 91.5 Å². The Morgan fingerprint density at radius 3 is 2.89 bits per heavy atom. The molecule has 3 aromatic rings. The fraction of sp³-hybridized carbons (Fsp3) is 0.316. The van der Waals surface area contributed by atoms with Crippen molar-refractivity contribution < 1.29 is 10.0 Å². The maximum atomic E-state index is 11.1. The fourth-order valence-electron chi connectivity index (χ4n) is 3.49. The molecule has 0 unspecified atom stereocenters. The maximum absolute atomic E-state index is 11.1. The summed E-state index contributed by atoms with van der Waals surface area (Å²) >= 11 is 1.12. The van der Waals surface area contributed by atoms with Gasteiger partial charge in [0.05, 0.1) is 4.92 Å². The van der Waals surface area contributed by atoms with Gasteiger partial charge in [0.15, 0.2) is 0 Å². The third-order valence-corrected chi connectivity index (χ3v) is 5.84. The highest BCUT2D eigenvalue weighted by Gasteiger charge is 2.22. The Hall–Kier alpha value is -2.55. The second-order valence-electron chi connectivity index (χ2n) is 6.63. The molecule has 27 heavy (non-hydrogen) atoms. The van der Waals surface area contributed by atoms with Crippen LogP contribution in [-0.2, 0) is 13.0 Å². The van der Waals surface area contributed by atoms with Crippen molar-refractivity contribution in [3.8, 4) is 0 Å². The molecule has 2 N–H and O–H groups in total. The molecule has 0 fully saturated rings. The molecule has 0 bridgehead atoms. The zero-order chi connectivity index (χ0) is 18.8. The summed E-state index contributed by atoms with van der Waals surface area (Å²) in [6, 6.07) is 13.3. The molecule has 2 heterocycles. The van der Waals surface area contributed by atoms with Crippen molar-refractivity contribution in [3.63, 3.8) is 0 Å². The van der Waals surface area contributed by atoms with Gasteiger partial charge in [-0.15, -0.1) is 0 Å². The van der Waals surface area contributed by atoms with Crippen LogP contribution in [-0.4, -0.2) is 38.6 Å². The molecule has 1 aromatic heterocycles. The summed E-state index contributed by atoms with van der Waals surface area (Å²) in [7, 11) is 0. The average molecular weight is 384 g/mol. The lowest BCUT2D eigenvalue weighted by Crippen LogP contribution is -2.40. The third kappa shape index (κ3) is 3.64. The number of aromatic nitrogens is 1. The van der Waals surface area contributed by atoms with E-state index in [1.165, 1.54) is 17.2 Å². The van der Waals surface area contributed by atoms with Crippen LogP contribution in [0.3, 0.4) is 0 Å². The molecule has 1 aliphatic heterocycles. The van der Waals surface area contributed by atoms with E-state index >= 15 is 0 Å². The van der Waals surface area contributed by atoms with Crippen molar-refractivity contribution in [2.75, 3.05) is 18.4 Å². The monoisotopic (exact) mass is 384 g/mol. The highest BCUT2D eigenvalue weighted by Crippen LogP contribution is 2.33. The van der Waals surface area contributed by atoms with Crippen LogP contribution in [0.25, 0.3) is 10.1 Å². The van der Waals surface area contributed by atoms with E-state index in [-0.39, 0.29) is 10.6 Å². The van der Waals surface area contributed by atoms with Gasteiger partial charge in [0.1, 0.15) is 16.7 Å². The zero-order valence-corrected chi connectivity index (χ0v) is 15.5. The Bertz CT molecular complexity index is 974. The smallest absolute Gasteiger partial charge is 0.288 e. The highest BCUT2D eigenvalue weighted by atomic mass is 32.1. The normalized spacial score (nSPS) is 15.4. The molecule has 7 nitrogen and oxygen atoms in total. The molecule has 4 rings (SSSR count). The van der Waals surface area contributed by atoms with E-state index in [1.807, 2.05) is 12.1 Å². The fourth-order valence-corrected chi connectivity index (χ4v) is 4.34. The number of nitro groups is 1. The van der Waals surface area contributed by atoms with Gasteiger partial charge in [0.2, 0.25) is 0 Å². The Kier molecular flexibility index (Phi) is 5.02. The lowest BCUT2D eigenvalue weighted by molar-refractivity contribution is -0.382. The van der Waals surface area contributed by atoms with Crippen LogP contribution in [0.2, 0.25) is 0 Å². The van der Waals surface area contributed by atoms with E-state index in [1.54, 1.807) is 6.07 Å². The van der Waals surface area contributed by atoms with Gasteiger partial charge in [-0.3, -0.25) is 15.0 Å². The summed E-state index contributed by atoms with van der Waals surface area (Å²) in [5.74, 6) is 0.634. The number of rotatable bonds is 6. The first-order valence-electron chi connectivity index (χ1n) is 8.89. The first-order valence-corrected chi connectivity index (χ1v) is 9.66. The van der Waals surface area contributed by atoms with E-state index < -0.39 is 6.23 Å². The van der Waals surface area contributed by atoms with Gasteiger partial charge in [-0.1, -0.05) is 30.3 Å². The molecule has 0 saturated carbocycles. The van der Waals surface area contributed by atoms with E-state index in [0.717, 1.165) is 36.4 Å². The number of anilines is 1. The number of hydrogen-bond donors (Lipinski definition) is 2. The standard InChI is InChI=1S/C19H20N4O3S/c24-17(22-11-9-13-4-1-2-5-14(13)12-22)8-10-20-19-15-6-3-7-16(23(25)26)18(15)27-21-19/h1-7,17,24H,8-12H2,(H,20,21)/t17-/m0/s1. The van der Waals surface area contributed by atoms with Gasteiger partial charge < -0.3 is 10.4 Å². The van der Waals surface area contributed by atoms with Gasteiger partial charge in [0, 0.05) is 37.5 Å². The van der Waals surface area contributed by atoms with Gasteiger partial charge in [-0.2, -0.15) is 4.37 Å². The number of nitrogens with zero attached hydrogens (tertiary/aromatic N) is 3. The van der Waals surface area contributed by atoms with Crippen molar-refractivity contribution in [2.24, 2.45) is 0 Å². The van der Waals surface area contributed by atoms with Crippen LogP contribution in [0.1, 0.15) is 17.5 Å². The molecular weight excluding hydrogens is 364 g/mol. The number of benzene rings is 2. The Labute approximate surface area is 160 Å². The molecule has 0 saturated heterocycles. The second kappa shape index (κ2) is 7.59. The summed E-state index contributed by atoms with van der Waals surface area (Å²) in [6.07, 6.45) is 0.960. The van der Waals surface area contributed by atoms with Crippen LogP contribution in [0, 0.1) is 10.1 Å². The SMILES string of the molecule is O=[N+]([O-])c1cccc2c(NCC[C@H](O)N3CCc4ccccc4C3)nsc12. The molecule has 2 aromatic carbocycles. The molecule has 1 atom stereocenters. The number of nitrogens with one attached hydrogen (secondary N) is 1. The zero-order valence-electron chi connectivity index (χ0n) is 14.7. The number of non-ortho nitro benzene ring substituents is 1. The summed E-state index contributed by atoms with van der Waals surface area (Å²) in [5, 5.41) is 25.6. The second-order valence-corrected chi connectivity index (χ2v) is 7.40. The van der Waals surface area contributed by atoms with Crippen molar-refractivity contribution in [3.05, 3.63) is 63.7 Å². The molecule has 140 valence electrons. The summed E-state index contributed by atoms with van der Waals surface area (Å²) in [4.78, 5) is 12.8. The first-order chi connectivity index (χ1) is 13.1. The van der Waals surface area contributed by atoms with E-state index in [9.17, 15) is 15.2 Å². The van der Waals surface area contributed by atoms with Crippen molar-refractivity contribution in [2.45, 2.75) is 25.6 Å². The Balaban J connectivity index is 1.37. The van der Waals surface area contributed by atoms with Crippen LogP contribution in [0.4, 0.5) is 11.5 Å². The van der Waals surface area contributed by atoms with Crippen molar-refractivity contribution >= 4 is 33.1 Å². The number of aliphatic hydroxyl groups excluding tert-OH is 1. The van der Waals surface area contributed by atoms with Gasteiger partial charge in [-0.05, 0) is 35.1 Å². The summed E-state index contributed by atoms with van der Waals surface area (Å²) < 4.78 is 4.88. The van der Waals surface area contributed by atoms with Gasteiger partial charge in [-0.25, -0.2) is 0 Å². The Morgan fingerprint density at radius 1 is 1.26 bits per heavy atom. The number of aliphatic hydroxyl groups is 1. The van der Waals surface area contributed by atoms with Crippen LogP contribution in [0.5, 0.6) is 0 Å². The number of nitro benzene ring substituents is 1. The van der Waals surface area contributed by atoms with E-state index in [4.69, 9.17) is 0 Å². The third-order valence-electron chi connectivity index (χ3n) is 4.95. The summed E-state index contributed by atoms with van der Waals surface area (Å²) in [5.41, 5.74) is 2.70. The first kappa shape index (κ1) is 17.8. The molecule has 8 heteroatoms. The van der Waals surface area contributed by atoms with Crippen molar-refractivity contribution in [1.82, 2.24) is 9.27 Å². The minimum Gasteiger partial charge on any atom is -0.378 e. The van der Waals surface area contributed by atoms with Crippen LogP contribution in [0.15, 0.2) is 42.5 Å². The predicted molar refractivity (Wildman–Crippen MR) is 106 cm³/mol. The molecular formula is C19H20N4O3S. The molecule has 0 radical (unpaired) electrons. The molecule has 0 spiro atoms. The minimum atomic E-state index is -0.537. The van der Waals surface area contributed by atoms with Crippen LogP contribution >= 0.6 is 11.5 Å². The maximum Gasteiger partial charge on any atom is 0.288 e. The number of hydrogen-bond acceptors (Lipinski definition) is 7. The van der Waals surface area contributed by atoms with Crippen molar-refractivity contribution in [1.29, 1.82) is 0 Å². The molecule has 0 amide bonds. The molecule has 0 aliphatic carbocycles. The quantitative estimate of drug-likeness (QED) is 0.500. The molecule has 1 aliphatic rings. The lowest BCUT2D eigenvalue weighted by Gasteiger charge is -2.32. The lowest BCUT2D eigenvalue weighted by atomic mass is 9.99. The summed E-state index contributed by atoms with van der Waals surface area (Å²) in [6.45, 7) is 2.13. The number of fused-ring (bicyclic) bond motifs is 2. The average Bonchev–Trinajstić information content (AvgIpc) is 3.10. The predicted octanol–water partition coefficient (Wildman–Crippen LogP) is 3.38. The van der Waals surface area contributed by atoms with E-state index in [2.05, 4.69) is 32.8 Å². The highest BCUT2D eigenvalue weighted by molar-refractivity contribution is 7.14. The largest absolute Gasteiger partial charge is 0.378 e. The van der Waals surface area contributed by atoms with E-state index in [0.29, 0.717) is 23.5 Å². The minimum absolute atomic E-state index is 0.0741. The van der Waals surface area contributed by atoms with Crippen LogP contribution < -0.4 is 5.32 Å². The van der Waals surface area contributed by atoms with Gasteiger partial charge in [0.25, 0.3) is 5.69 Å². The Morgan fingerprint density at radius 2 is 2.07 bits per heavy atom. The van der Waals surface area contributed by atoms with Gasteiger partial charge >= 0.3 is 0 Å².